The fraction of sp³-hybridized carbons (Fsp3) is 0.529. The number of hydrogen-bond donors (Lipinski definition) is 0. The Morgan fingerprint density at radius 2 is 1.58 bits per heavy atom. The summed E-state index contributed by atoms with van der Waals surface area (Å²) >= 11 is 0. The minimum absolute atomic E-state index is 0.0481. The zero-order chi connectivity index (χ0) is 14.2. The van der Waals surface area contributed by atoms with Crippen LogP contribution in [0.25, 0.3) is 6.08 Å². The van der Waals surface area contributed by atoms with Crippen LogP contribution in [-0.4, -0.2) is 30.3 Å². The third-order valence-corrected chi connectivity index (χ3v) is 7.41. The topological polar surface area (TPSA) is 3.24 Å². The average Bonchev–Trinajstić information content (AvgIpc) is 2.68. The molecule has 0 heterocycles. The van der Waals surface area contributed by atoms with Crippen LogP contribution >= 0.6 is 7.92 Å². The van der Waals surface area contributed by atoms with Crippen molar-refractivity contribution in [3.8, 4) is 0 Å². The Morgan fingerprint density at radius 3 is 2.11 bits per heavy atom. The highest BCUT2D eigenvalue weighted by Crippen LogP contribution is 2.64. The van der Waals surface area contributed by atoms with Gasteiger partial charge in [0.05, 0.1) is 0 Å². The summed E-state index contributed by atoms with van der Waals surface area (Å²) in [5.74, 6) is 0. The molecular formula is C17H26NP. The number of rotatable bonds is 4. The van der Waals surface area contributed by atoms with E-state index in [0.717, 1.165) is 11.3 Å². The fourth-order valence-electron chi connectivity index (χ4n) is 3.17. The zero-order valence-electron chi connectivity index (χ0n) is 13.0. The molecule has 0 spiro atoms. The van der Waals surface area contributed by atoms with E-state index in [1.807, 2.05) is 0 Å². The summed E-state index contributed by atoms with van der Waals surface area (Å²) in [6.45, 7) is 9.56. The van der Waals surface area contributed by atoms with E-state index in [9.17, 15) is 0 Å². The minimum atomic E-state index is -0.0481. The molecule has 1 atom stereocenters. The molecule has 1 aromatic carbocycles. The maximum atomic E-state index is 2.39. The van der Waals surface area contributed by atoms with Crippen LogP contribution in [0.3, 0.4) is 0 Å². The number of benzene rings is 1. The summed E-state index contributed by atoms with van der Waals surface area (Å²) in [5.41, 5.74) is 6.59. The molecule has 2 heteroatoms. The van der Waals surface area contributed by atoms with Crippen molar-refractivity contribution in [1.82, 2.24) is 4.90 Å². The summed E-state index contributed by atoms with van der Waals surface area (Å²) < 4.78 is 0. The molecule has 0 N–H and O–H groups in total. The molecule has 2 rings (SSSR count). The van der Waals surface area contributed by atoms with Crippen LogP contribution in [0.2, 0.25) is 0 Å². The summed E-state index contributed by atoms with van der Waals surface area (Å²) in [5, 5.41) is 0. The van der Waals surface area contributed by atoms with Crippen LogP contribution in [-0.2, 0) is 0 Å². The predicted molar refractivity (Wildman–Crippen MR) is 88.0 cm³/mol. The Balaban J connectivity index is 2.49. The third kappa shape index (κ3) is 2.72. The van der Waals surface area contributed by atoms with Gasteiger partial charge in [-0.05, 0) is 28.5 Å². The van der Waals surface area contributed by atoms with Gasteiger partial charge in [-0.1, -0.05) is 59.9 Å². The van der Waals surface area contributed by atoms with E-state index in [1.165, 1.54) is 11.3 Å². The van der Waals surface area contributed by atoms with Crippen molar-refractivity contribution in [3.05, 3.63) is 41.1 Å². The van der Waals surface area contributed by atoms with E-state index >= 15 is 0 Å². The van der Waals surface area contributed by atoms with Gasteiger partial charge in [0.1, 0.15) is 0 Å². The highest BCUT2D eigenvalue weighted by Gasteiger charge is 2.35. The van der Waals surface area contributed by atoms with Crippen molar-refractivity contribution < 1.29 is 0 Å². The number of hydrogen-bond acceptors (Lipinski definition) is 1. The fourth-order valence-corrected chi connectivity index (χ4v) is 6.72. The lowest BCUT2D eigenvalue weighted by molar-refractivity contribution is 0.501. The van der Waals surface area contributed by atoms with E-state index in [2.05, 4.69) is 77.0 Å². The van der Waals surface area contributed by atoms with E-state index in [0.29, 0.717) is 5.66 Å². The van der Waals surface area contributed by atoms with E-state index < -0.39 is 0 Å². The first-order valence-corrected chi connectivity index (χ1v) is 8.73. The number of fused-ring (bicyclic) bond motifs is 1. The Labute approximate surface area is 119 Å². The van der Waals surface area contributed by atoms with E-state index in [4.69, 9.17) is 0 Å². The van der Waals surface area contributed by atoms with Crippen LogP contribution in [0.4, 0.5) is 0 Å². The van der Waals surface area contributed by atoms with Crippen LogP contribution in [0.1, 0.15) is 44.5 Å². The van der Waals surface area contributed by atoms with Gasteiger partial charge in [-0.25, -0.2) is 0 Å². The molecule has 0 radical (unpaired) electrons. The Kier molecular flexibility index (Phi) is 4.36. The van der Waals surface area contributed by atoms with Crippen molar-refractivity contribution in [1.29, 1.82) is 0 Å². The zero-order valence-corrected chi connectivity index (χ0v) is 13.9. The highest BCUT2D eigenvalue weighted by atomic mass is 31.1. The first kappa shape index (κ1) is 14.6. The van der Waals surface area contributed by atoms with Crippen molar-refractivity contribution in [2.24, 2.45) is 0 Å². The maximum Gasteiger partial charge on any atom is 0.0450 e. The van der Waals surface area contributed by atoms with Crippen LogP contribution in [0.15, 0.2) is 30.0 Å². The molecule has 0 amide bonds. The smallest absolute Gasteiger partial charge is 0.0450 e. The second-order valence-corrected chi connectivity index (χ2v) is 9.61. The SMILES string of the molecule is CC(C)P(C(C)C)C1C(N(C)C)=Cc2ccccc21. The molecule has 0 bridgehead atoms. The molecule has 0 saturated heterocycles. The molecule has 0 fully saturated rings. The van der Waals surface area contributed by atoms with Gasteiger partial charge in [-0.3, -0.25) is 0 Å². The molecule has 1 aromatic rings. The van der Waals surface area contributed by atoms with Crippen LogP contribution in [0, 0.1) is 0 Å². The number of likely N-dealkylation sites (N-methyl/N-ethyl adjacent to an activating group) is 1. The Bertz CT molecular complexity index is 466. The molecule has 0 aromatic heterocycles. The Hall–Kier alpha value is -0.810. The molecule has 0 aliphatic heterocycles. The van der Waals surface area contributed by atoms with Gasteiger partial charge in [0.25, 0.3) is 0 Å². The van der Waals surface area contributed by atoms with Crippen LogP contribution < -0.4 is 0 Å². The largest absolute Gasteiger partial charge is 0.380 e. The molecule has 1 unspecified atom stereocenters. The van der Waals surface area contributed by atoms with E-state index in [1.54, 1.807) is 5.56 Å². The molecule has 104 valence electrons. The minimum Gasteiger partial charge on any atom is -0.380 e. The van der Waals surface area contributed by atoms with Crippen molar-refractivity contribution >= 4 is 14.0 Å². The summed E-state index contributed by atoms with van der Waals surface area (Å²) in [6.07, 6.45) is 2.39. The molecule has 1 nitrogen and oxygen atoms in total. The van der Waals surface area contributed by atoms with Gasteiger partial charge in [-0.15, -0.1) is 0 Å². The lowest BCUT2D eigenvalue weighted by Crippen LogP contribution is -2.19. The molecule has 1 aliphatic rings. The normalized spacial score (nSPS) is 18.2. The van der Waals surface area contributed by atoms with Gasteiger partial charge >= 0.3 is 0 Å². The quantitative estimate of drug-likeness (QED) is 0.703. The first-order chi connectivity index (χ1) is 8.93. The summed E-state index contributed by atoms with van der Waals surface area (Å²) in [7, 11) is 4.31. The van der Waals surface area contributed by atoms with Gasteiger partial charge in [0, 0.05) is 25.5 Å². The summed E-state index contributed by atoms with van der Waals surface area (Å²) in [6, 6.07) is 8.92. The standard InChI is InChI=1S/C17H26NP/c1-12(2)19(13(3)4)17-15-10-8-7-9-14(15)11-16(17)18(5)6/h7-13,17H,1-6H3. The third-order valence-electron chi connectivity index (χ3n) is 3.88. The average molecular weight is 275 g/mol. The van der Waals surface area contributed by atoms with Crippen molar-refractivity contribution in [2.45, 2.75) is 44.7 Å². The second-order valence-electron chi connectivity index (χ2n) is 6.13. The highest BCUT2D eigenvalue weighted by molar-refractivity contribution is 7.59. The lowest BCUT2D eigenvalue weighted by Gasteiger charge is -2.36. The number of nitrogens with zero attached hydrogens (tertiary/aromatic N) is 1. The second kappa shape index (κ2) is 5.67. The van der Waals surface area contributed by atoms with Crippen molar-refractivity contribution in [3.63, 3.8) is 0 Å². The van der Waals surface area contributed by atoms with Gasteiger partial charge in [0.2, 0.25) is 0 Å². The Morgan fingerprint density at radius 1 is 1.00 bits per heavy atom. The first-order valence-electron chi connectivity index (χ1n) is 7.18. The molecule has 1 aliphatic carbocycles. The van der Waals surface area contributed by atoms with E-state index in [-0.39, 0.29) is 7.92 Å². The maximum absolute atomic E-state index is 2.39. The van der Waals surface area contributed by atoms with Crippen molar-refractivity contribution in [2.75, 3.05) is 14.1 Å². The summed E-state index contributed by atoms with van der Waals surface area (Å²) in [4.78, 5) is 2.31. The van der Waals surface area contributed by atoms with Gasteiger partial charge in [0.15, 0.2) is 0 Å². The molecule has 19 heavy (non-hydrogen) atoms. The molecular weight excluding hydrogens is 249 g/mol. The predicted octanol–water partition coefficient (Wildman–Crippen LogP) is 4.94. The number of allylic oxidation sites excluding steroid dienone is 1. The monoisotopic (exact) mass is 275 g/mol. The molecule has 0 saturated carbocycles. The van der Waals surface area contributed by atoms with Gasteiger partial charge in [-0.2, -0.15) is 0 Å². The van der Waals surface area contributed by atoms with Crippen LogP contribution in [0.5, 0.6) is 0 Å². The van der Waals surface area contributed by atoms with Gasteiger partial charge < -0.3 is 4.90 Å². The lowest BCUT2D eigenvalue weighted by atomic mass is 10.1.